The summed E-state index contributed by atoms with van der Waals surface area (Å²) in [6.07, 6.45) is -1.00. The average Bonchev–Trinajstić information content (AvgIpc) is 2.61. The maximum atomic E-state index is 12.3. The normalized spacial score (nSPS) is 11.4. The third-order valence-electron chi connectivity index (χ3n) is 3.40. The maximum absolute atomic E-state index is 12.3. The summed E-state index contributed by atoms with van der Waals surface area (Å²) in [5.41, 5.74) is 0.726. The Balaban J connectivity index is 2.05. The molecule has 0 heterocycles. The van der Waals surface area contributed by atoms with E-state index in [4.69, 9.17) is 25.8 Å². The third-order valence-corrected chi connectivity index (χ3v) is 3.65. The first-order valence-electron chi connectivity index (χ1n) is 7.44. The van der Waals surface area contributed by atoms with Crippen molar-refractivity contribution >= 4 is 29.2 Å². The number of amides is 1. The Bertz CT molecular complexity index is 761. The van der Waals surface area contributed by atoms with E-state index < -0.39 is 18.0 Å². The molecule has 132 valence electrons. The van der Waals surface area contributed by atoms with Crippen LogP contribution in [-0.2, 0) is 9.53 Å². The number of carbonyl (C=O) groups is 2. The van der Waals surface area contributed by atoms with Crippen LogP contribution in [0.15, 0.2) is 42.5 Å². The van der Waals surface area contributed by atoms with Crippen molar-refractivity contribution in [2.24, 2.45) is 0 Å². The second kappa shape index (κ2) is 8.39. The third kappa shape index (κ3) is 4.87. The lowest BCUT2D eigenvalue weighted by molar-refractivity contribution is -0.123. The number of carbonyl (C=O) groups excluding carboxylic acids is 2. The molecule has 2 rings (SSSR count). The van der Waals surface area contributed by atoms with E-state index in [1.165, 1.54) is 33.3 Å². The maximum Gasteiger partial charge on any atom is 0.338 e. The van der Waals surface area contributed by atoms with Crippen LogP contribution in [0.3, 0.4) is 0 Å². The Kier molecular flexibility index (Phi) is 6.25. The zero-order valence-corrected chi connectivity index (χ0v) is 14.8. The first-order valence-corrected chi connectivity index (χ1v) is 7.82. The summed E-state index contributed by atoms with van der Waals surface area (Å²) >= 11 is 5.78. The topological polar surface area (TPSA) is 73.9 Å². The van der Waals surface area contributed by atoms with Crippen LogP contribution in [-0.4, -0.2) is 32.2 Å². The van der Waals surface area contributed by atoms with E-state index in [1.54, 1.807) is 30.3 Å². The molecule has 0 aliphatic carbocycles. The van der Waals surface area contributed by atoms with Gasteiger partial charge in [0.15, 0.2) is 6.10 Å². The SMILES string of the molecule is COc1ccc(OC)c(NC(=O)[C@H](C)OC(=O)c2ccc(Cl)cc2)c1. The number of anilines is 1. The first kappa shape index (κ1) is 18.6. The molecule has 0 unspecified atom stereocenters. The standard InChI is InChI=1S/C18H18ClNO5/c1-11(25-18(22)12-4-6-13(19)7-5-12)17(21)20-15-10-14(23-2)8-9-16(15)24-3/h4-11H,1-3H3,(H,20,21)/t11-/m0/s1. The summed E-state index contributed by atoms with van der Waals surface area (Å²) in [6, 6.07) is 11.2. The van der Waals surface area contributed by atoms with E-state index in [0.717, 1.165) is 0 Å². The number of nitrogens with one attached hydrogen (secondary N) is 1. The molecule has 2 aromatic rings. The monoisotopic (exact) mass is 363 g/mol. The minimum atomic E-state index is -1.00. The molecule has 0 aliphatic heterocycles. The van der Waals surface area contributed by atoms with Crippen molar-refractivity contribution in [1.82, 2.24) is 0 Å². The number of esters is 1. The fourth-order valence-corrected chi connectivity index (χ4v) is 2.14. The Morgan fingerprint density at radius 3 is 2.32 bits per heavy atom. The van der Waals surface area contributed by atoms with E-state index in [1.807, 2.05) is 0 Å². The van der Waals surface area contributed by atoms with Gasteiger partial charge < -0.3 is 19.5 Å². The van der Waals surface area contributed by atoms with Gasteiger partial charge in [0.1, 0.15) is 11.5 Å². The van der Waals surface area contributed by atoms with Crippen LogP contribution in [0, 0.1) is 0 Å². The van der Waals surface area contributed by atoms with Gasteiger partial charge >= 0.3 is 5.97 Å². The predicted molar refractivity (Wildman–Crippen MR) is 94.5 cm³/mol. The molecule has 1 atom stereocenters. The number of rotatable bonds is 6. The van der Waals surface area contributed by atoms with Crippen LogP contribution >= 0.6 is 11.6 Å². The van der Waals surface area contributed by atoms with Crippen molar-refractivity contribution in [2.75, 3.05) is 19.5 Å². The lowest BCUT2D eigenvalue weighted by Gasteiger charge is -2.16. The summed E-state index contributed by atoms with van der Waals surface area (Å²) in [6.45, 7) is 1.48. The Morgan fingerprint density at radius 2 is 1.72 bits per heavy atom. The highest BCUT2D eigenvalue weighted by Crippen LogP contribution is 2.29. The highest BCUT2D eigenvalue weighted by Gasteiger charge is 2.20. The minimum absolute atomic E-state index is 0.308. The molecule has 0 spiro atoms. The fourth-order valence-electron chi connectivity index (χ4n) is 2.01. The second-order valence-electron chi connectivity index (χ2n) is 5.11. The Labute approximate surface area is 150 Å². The number of hydrogen-bond donors (Lipinski definition) is 1. The van der Waals surface area contributed by atoms with E-state index in [0.29, 0.717) is 27.8 Å². The molecule has 1 N–H and O–H groups in total. The highest BCUT2D eigenvalue weighted by atomic mass is 35.5. The van der Waals surface area contributed by atoms with Crippen LogP contribution in [0.2, 0.25) is 5.02 Å². The van der Waals surface area contributed by atoms with Gasteiger partial charge in [0.25, 0.3) is 5.91 Å². The Hall–Kier alpha value is -2.73. The lowest BCUT2D eigenvalue weighted by atomic mass is 10.2. The first-order chi connectivity index (χ1) is 11.9. The molecular weight excluding hydrogens is 346 g/mol. The summed E-state index contributed by atoms with van der Waals surface area (Å²) in [5.74, 6) is -0.0851. The molecule has 7 heteroatoms. The number of hydrogen-bond acceptors (Lipinski definition) is 5. The lowest BCUT2D eigenvalue weighted by Crippen LogP contribution is -2.30. The molecule has 25 heavy (non-hydrogen) atoms. The van der Waals surface area contributed by atoms with Crippen LogP contribution in [0.25, 0.3) is 0 Å². The molecular formula is C18H18ClNO5. The minimum Gasteiger partial charge on any atom is -0.497 e. The van der Waals surface area contributed by atoms with Crippen molar-refractivity contribution in [1.29, 1.82) is 0 Å². The van der Waals surface area contributed by atoms with Gasteiger partial charge in [-0.3, -0.25) is 4.79 Å². The van der Waals surface area contributed by atoms with Crippen molar-refractivity contribution < 1.29 is 23.8 Å². The second-order valence-corrected chi connectivity index (χ2v) is 5.55. The van der Waals surface area contributed by atoms with Crippen LogP contribution in [0.5, 0.6) is 11.5 Å². The smallest absolute Gasteiger partial charge is 0.338 e. The quantitative estimate of drug-likeness (QED) is 0.794. The number of halogens is 1. The van der Waals surface area contributed by atoms with Gasteiger partial charge in [-0.1, -0.05) is 11.6 Å². The van der Waals surface area contributed by atoms with Crippen LogP contribution in [0.1, 0.15) is 17.3 Å². The van der Waals surface area contributed by atoms with E-state index in [2.05, 4.69) is 5.32 Å². The highest BCUT2D eigenvalue weighted by molar-refractivity contribution is 6.30. The van der Waals surface area contributed by atoms with E-state index in [-0.39, 0.29) is 0 Å². The number of benzene rings is 2. The summed E-state index contributed by atoms with van der Waals surface area (Å²) in [5, 5.41) is 3.17. The van der Waals surface area contributed by atoms with Crippen molar-refractivity contribution in [3.05, 3.63) is 53.1 Å². The largest absolute Gasteiger partial charge is 0.497 e. The van der Waals surface area contributed by atoms with Gasteiger partial charge in [-0.2, -0.15) is 0 Å². The average molecular weight is 364 g/mol. The molecule has 0 radical (unpaired) electrons. The van der Waals surface area contributed by atoms with Crippen molar-refractivity contribution in [3.63, 3.8) is 0 Å². The summed E-state index contributed by atoms with van der Waals surface area (Å²) in [4.78, 5) is 24.4. The molecule has 2 aromatic carbocycles. The molecule has 0 saturated heterocycles. The Morgan fingerprint density at radius 1 is 1.04 bits per heavy atom. The van der Waals surface area contributed by atoms with Gasteiger partial charge in [0.2, 0.25) is 0 Å². The van der Waals surface area contributed by atoms with Crippen molar-refractivity contribution in [3.8, 4) is 11.5 Å². The van der Waals surface area contributed by atoms with Gasteiger partial charge in [0, 0.05) is 11.1 Å². The van der Waals surface area contributed by atoms with Gasteiger partial charge in [-0.25, -0.2) is 4.79 Å². The molecule has 0 saturated carbocycles. The zero-order chi connectivity index (χ0) is 18.4. The fraction of sp³-hybridized carbons (Fsp3) is 0.222. The molecule has 1 amide bonds. The van der Waals surface area contributed by atoms with E-state index >= 15 is 0 Å². The zero-order valence-electron chi connectivity index (χ0n) is 14.0. The molecule has 0 fully saturated rings. The summed E-state index contributed by atoms with van der Waals surface area (Å²) in [7, 11) is 3.01. The van der Waals surface area contributed by atoms with Crippen LogP contribution in [0.4, 0.5) is 5.69 Å². The van der Waals surface area contributed by atoms with Gasteiger partial charge in [-0.05, 0) is 43.3 Å². The molecule has 0 aromatic heterocycles. The molecule has 6 nitrogen and oxygen atoms in total. The predicted octanol–water partition coefficient (Wildman–Crippen LogP) is 3.54. The van der Waals surface area contributed by atoms with Gasteiger partial charge in [0.05, 0.1) is 25.5 Å². The van der Waals surface area contributed by atoms with Crippen LogP contribution < -0.4 is 14.8 Å². The number of ether oxygens (including phenoxy) is 3. The van der Waals surface area contributed by atoms with Gasteiger partial charge in [-0.15, -0.1) is 0 Å². The van der Waals surface area contributed by atoms with E-state index in [9.17, 15) is 9.59 Å². The van der Waals surface area contributed by atoms with Crippen molar-refractivity contribution in [2.45, 2.75) is 13.0 Å². The summed E-state index contributed by atoms with van der Waals surface area (Å²) < 4.78 is 15.5. The molecule has 0 bridgehead atoms. The number of methoxy groups -OCH3 is 2. The molecule has 0 aliphatic rings.